The first kappa shape index (κ1) is 14.3. The van der Waals surface area contributed by atoms with E-state index in [4.69, 9.17) is 9.84 Å². The molecule has 98 valence electrons. The highest BCUT2D eigenvalue weighted by Crippen LogP contribution is 2.25. The Morgan fingerprint density at radius 2 is 2.11 bits per heavy atom. The molecule has 1 aromatic carbocycles. The Labute approximate surface area is 108 Å². The summed E-state index contributed by atoms with van der Waals surface area (Å²) in [5, 5.41) is 8.54. The summed E-state index contributed by atoms with van der Waals surface area (Å²) < 4.78 is 5.36. The van der Waals surface area contributed by atoms with Gasteiger partial charge in [-0.15, -0.1) is 0 Å². The molecule has 0 saturated carbocycles. The largest absolute Gasteiger partial charge is 0.496 e. The predicted octanol–water partition coefficient (Wildman–Crippen LogP) is 3.58. The molecule has 0 heterocycles. The molecule has 0 aliphatic heterocycles. The number of allylic oxidation sites excluding steroid dienone is 1. The smallest absolute Gasteiger partial charge is 0.303 e. The Bertz CT molecular complexity index is 447. The first-order valence-electron chi connectivity index (χ1n) is 6.08. The van der Waals surface area contributed by atoms with Gasteiger partial charge in [0.2, 0.25) is 0 Å². The molecule has 0 aliphatic rings. The average molecular weight is 248 g/mol. The number of hydrogen-bond acceptors (Lipinski definition) is 2. The van der Waals surface area contributed by atoms with Gasteiger partial charge in [0.25, 0.3) is 0 Å². The molecule has 0 spiro atoms. The van der Waals surface area contributed by atoms with Crippen LogP contribution in [0.4, 0.5) is 0 Å². The number of methoxy groups -OCH3 is 1. The highest BCUT2D eigenvalue weighted by atomic mass is 16.5. The molecule has 0 fully saturated rings. The van der Waals surface area contributed by atoms with Gasteiger partial charge in [0.15, 0.2) is 0 Å². The molecule has 0 aromatic heterocycles. The molecule has 0 radical (unpaired) electrons. The minimum atomic E-state index is -0.743. The highest BCUT2D eigenvalue weighted by molar-refractivity contribution is 5.66. The summed E-state index contributed by atoms with van der Waals surface area (Å²) in [6.45, 7) is 4.09. The van der Waals surface area contributed by atoms with E-state index in [1.807, 2.05) is 32.1 Å². The second-order valence-electron chi connectivity index (χ2n) is 4.39. The molecule has 0 atom stereocenters. The molecule has 3 nitrogen and oxygen atoms in total. The third kappa shape index (κ3) is 4.24. The van der Waals surface area contributed by atoms with Crippen LogP contribution in [0.5, 0.6) is 5.75 Å². The lowest BCUT2D eigenvalue weighted by Gasteiger charge is -2.09. The Kier molecular flexibility index (Phi) is 5.43. The molecule has 0 amide bonds. The number of aryl methyl sites for hydroxylation is 2. The summed E-state index contributed by atoms with van der Waals surface area (Å²) in [6.07, 6.45) is 5.66. The third-order valence-corrected chi connectivity index (χ3v) is 2.76. The fourth-order valence-electron chi connectivity index (χ4n) is 1.89. The van der Waals surface area contributed by atoms with Gasteiger partial charge in [-0.25, -0.2) is 0 Å². The van der Waals surface area contributed by atoms with E-state index in [0.717, 1.165) is 17.7 Å². The van der Waals surface area contributed by atoms with Crippen LogP contribution in [0, 0.1) is 13.8 Å². The van der Waals surface area contributed by atoms with Crippen LogP contribution in [0.15, 0.2) is 18.2 Å². The van der Waals surface area contributed by atoms with E-state index in [-0.39, 0.29) is 6.42 Å². The van der Waals surface area contributed by atoms with Crippen molar-refractivity contribution in [2.75, 3.05) is 7.11 Å². The molecule has 0 saturated heterocycles. The minimum Gasteiger partial charge on any atom is -0.496 e. The number of aliphatic carboxylic acids is 1. The molecule has 0 bridgehead atoms. The van der Waals surface area contributed by atoms with E-state index in [2.05, 4.69) is 6.07 Å². The zero-order valence-corrected chi connectivity index (χ0v) is 11.2. The van der Waals surface area contributed by atoms with Crippen molar-refractivity contribution in [1.29, 1.82) is 0 Å². The van der Waals surface area contributed by atoms with Crippen molar-refractivity contribution in [2.45, 2.75) is 33.1 Å². The lowest BCUT2D eigenvalue weighted by molar-refractivity contribution is -0.137. The van der Waals surface area contributed by atoms with Crippen LogP contribution in [-0.2, 0) is 4.79 Å². The maximum atomic E-state index is 10.4. The van der Waals surface area contributed by atoms with E-state index in [1.165, 1.54) is 11.1 Å². The van der Waals surface area contributed by atoms with Gasteiger partial charge in [0.05, 0.1) is 7.11 Å². The molecule has 0 unspecified atom stereocenters. The standard InChI is InChI=1S/C15H20O3/c1-11-9-12(2)13(14(10-11)18-3)7-5-4-6-8-15(16)17/h5,7,9-10H,4,6,8H2,1-3H3,(H,16,17)/b7-5+. The van der Waals surface area contributed by atoms with E-state index >= 15 is 0 Å². The van der Waals surface area contributed by atoms with Crippen molar-refractivity contribution >= 4 is 12.0 Å². The summed E-state index contributed by atoms with van der Waals surface area (Å²) >= 11 is 0. The number of unbranched alkanes of at least 4 members (excludes halogenated alkanes) is 1. The van der Waals surface area contributed by atoms with Gasteiger partial charge in [-0.2, -0.15) is 0 Å². The average Bonchev–Trinajstić information content (AvgIpc) is 2.30. The Balaban J connectivity index is 2.71. The van der Waals surface area contributed by atoms with Crippen molar-refractivity contribution in [3.8, 4) is 5.75 Å². The molecule has 0 aliphatic carbocycles. The SMILES string of the molecule is COc1cc(C)cc(C)c1/C=C/CCCC(=O)O. The van der Waals surface area contributed by atoms with Crippen molar-refractivity contribution in [2.24, 2.45) is 0 Å². The summed E-state index contributed by atoms with van der Waals surface area (Å²) in [5.74, 6) is 0.120. The van der Waals surface area contributed by atoms with E-state index < -0.39 is 5.97 Å². The molecule has 18 heavy (non-hydrogen) atoms. The Morgan fingerprint density at radius 1 is 1.39 bits per heavy atom. The second-order valence-corrected chi connectivity index (χ2v) is 4.39. The predicted molar refractivity (Wildman–Crippen MR) is 73.0 cm³/mol. The van der Waals surface area contributed by atoms with E-state index in [0.29, 0.717) is 6.42 Å². The van der Waals surface area contributed by atoms with Crippen LogP contribution in [0.2, 0.25) is 0 Å². The van der Waals surface area contributed by atoms with Gasteiger partial charge in [0, 0.05) is 12.0 Å². The lowest BCUT2D eigenvalue weighted by Crippen LogP contribution is -1.93. The summed E-state index contributed by atoms with van der Waals surface area (Å²) in [5.41, 5.74) is 3.41. The van der Waals surface area contributed by atoms with Crippen LogP contribution < -0.4 is 4.74 Å². The summed E-state index contributed by atoms with van der Waals surface area (Å²) in [7, 11) is 1.66. The molecular formula is C15H20O3. The summed E-state index contributed by atoms with van der Waals surface area (Å²) in [4.78, 5) is 10.4. The number of carboxylic acid groups (broad SMARTS) is 1. The van der Waals surface area contributed by atoms with Gasteiger partial charge in [0.1, 0.15) is 5.75 Å². The maximum Gasteiger partial charge on any atom is 0.303 e. The molecule has 1 aromatic rings. The monoisotopic (exact) mass is 248 g/mol. The van der Waals surface area contributed by atoms with Crippen LogP contribution >= 0.6 is 0 Å². The zero-order valence-electron chi connectivity index (χ0n) is 11.2. The molecular weight excluding hydrogens is 228 g/mol. The van der Waals surface area contributed by atoms with Gasteiger partial charge < -0.3 is 9.84 Å². The van der Waals surface area contributed by atoms with Gasteiger partial charge >= 0.3 is 5.97 Å². The van der Waals surface area contributed by atoms with E-state index in [9.17, 15) is 4.79 Å². The maximum absolute atomic E-state index is 10.4. The van der Waals surface area contributed by atoms with Crippen molar-refractivity contribution in [3.05, 3.63) is 34.9 Å². The molecule has 3 heteroatoms. The fourth-order valence-corrected chi connectivity index (χ4v) is 1.89. The number of hydrogen-bond donors (Lipinski definition) is 1. The van der Waals surface area contributed by atoms with Gasteiger partial charge in [-0.05, 0) is 43.9 Å². The van der Waals surface area contributed by atoms with Crippen LogP contribution in [-0.4, -0.2) is 18.2 Å². The first-order chi connectivity index (χ1) is 8.54. The van der Waals surface area contributed by atoms with Crippen LogP contribution in [0.25, 0.3) is 6.08 Å². The number of benzene rings is 1. The lowest BCUT2D eigenvalue weighted by atomic mass is 10.0. The van der Waals surface area contributed by atoms with Gasteiger partial charge in [-0.3, -0.25) is 4.79 Å². The second kappa shape index (κ2) is 6.84. The fraction of sp³-hybridized carbons (Fsp3) is 0.400. The number of carbonyl (C=O) groups is 1. The third-order valence-electron chi connectivity index (χ3n) is 2.76. The minimum absolute atomic E-state index is 0.217. The normalized spacial score (nSPS) is 10.8. The topological polar surface area (TPSA) is 46.5 Å². The first-order valence-corrected chi connectivity index (χ1v) is 6.08. The van der Waals surface area contributed by atoms with E-state index in [1.54, 1.807) is 7.11 Å². The molecule has 1 rings (SSSR count). The van der Waals surface area contributed by atoms with Crippen molar-refractivity contribution < 1.29 is 14.6 Å². The molecule has 1 N–H and O–H groups in total. The number of rotatable bonds is 6. The quantitative estimate of drug-likeness (QED) is 0.783. The van der Waals surface area contributed by atoms with Crippen molar-refractivity contribution in [1.82, 2.24) is 0 Å². The summed E-state index contributed by atoms with van der Waals surface area (Å²) in [6, 6.07) is 4.11. The Morgan fingerprint density at radius 3 is 2.72 bits per heavy atom. The van der Waals surface area contributed by atoms with Crippen LogP contribution in [0.3, 0.4) is 0 Å². The number of ether oxygens (including phenoxy) is 1. The van der Waals surface area contributed by atoms with Crippen LogP contribution in [0.1, 0.15) is 36.0 Å². The van der Waals surface area contributed by atoms with Crippen molar-refractivity contribution in [3.63, 3.8) is 0 Å². The number of carboxylic acids is 1. The highest BCUT2D eigenvalue weighted by Gasteiger charge is 2.04. The zero-order chi connectivity index (χ0) is 13.5. The van der Waals surface area contributed by atoms with Gasteiger partial charge in [-0.1, -0.05) is 18.2 Å². The Hall–Kier alpha value is -1.77.